The first-order valence-corrected chi connectivity index (χ1v) is 7.56. The molecule has 1 aliphatic rings. The number of amides is 1. The maximum Gasteiger partial charge on any atom is 0.338 e. The summed E-state index contributed by atoms with van der Waals surface area (Å²) in [5.41, 5.74) is 3.65. The average Bonchev–Trinajstić information content (AvgIpc) is 3.00. The van der Waals surface area contributed by atoms with E-state index in [1.165, 1.54) is 11.1 Å². The molecule has 0 atom stereocenters. The summed E-state index contributed by atoms with van der Waals surface area (Å²) in [6, 6.07) is 15.0. The van der Waals surface area contributed by atoms with E-state index in [4.69, 9.17) is 4.74 Å². The Bertz CT molecular complexity index is 687. The molecule has 0 spiro atoms. The van der Waals surface area contributed by atoms with Gasteiger partial charge in [0.2, 0.25) is 6.41 Å². The van der Waals surface area contributed by atoms with E-state index in [0.29, 0.717) is 25.3 Å². The molecule has 1 aliphatic heterocycles. The highest BCUT2D eigenvalue weighted by Crippen LogP contribution is 2.26. The van der Waals surface area contributed by atoms with Crippen molar-refractivity contribution < 1.29 is 14.3 Å². The van der Waals surface area contributed by atoms with Crippen LogP contribution < -0.4 is 5.01 Å². The number of hydrazine groups is 1. The highest BCUT2D eigenvalue weighted by Gasteiger charge is 2.24. The summed E-state index contributed by atoms with van der Waals surface area (Å²) in [4.78, 5) is 23.2. The molecule has 5 nitrogen and oxygen atoms in total. The largest absolute Gasteiger partial charge is 0.462 e. The molecule has 2 aromatic carbocycles. The van der Waals surface area contributed by atoms with E-state index in [-0.39, 0.29) is 5.97 Å². The van der Waals surface area contributed by atoms with Gasteiger partial charge >= 0.3 is 5.97 Å². The van der Waals surface area contributed by atoms with Crippen molar-refractivity contribution in [1.82, 2.24) is 5.01 Å². The number of nitrogens with zero attached hydrogens (tertiary/aromatic N) is 2. The topological polar surface area (TPSA) is 49.9 Å². The van der Waals surface area contributed by atoms with Gasteiger partial charge in [-0.25, -0.2) is 14.8 Å². The van der Waals surface area contributed by atoms with Crippen LogP contribution in [0.1, 0.15) is 28.4 Å². The quantitative estimate of drug-likeness (QED) is 0.629. The summed E-state index contributed by atoms with van der Waals surface area (Å²) >= 11 is 0. The summed E-state index contributed by atoms with van der Waals surface area (Å²) in [5.74, 6) is -0.356. The Morgan fingerprint density at radius 2 is 1.74 bits per heavy atom. The maximum atomic E-state index is 11.7. The molecule has 0 saturated heterocycles. The second-order valence-electron chi connectivity index (χ2n) is 5.31. The van der Waals surface area contributed by atoms with Crippen molar-refractivity contribution in [2.24, 2.45) is 0 Å². The van der Waals surface area contributed by atoms with Crippen molar-refractivity contribution in [3.05, 3.63) is 65.2 Å². The predicted octanol–water partition coefficient (Wildman–Crippen LogP) is 2.76. The van der Waals surface area contributed by atoms with Crippen LogP contribution in [0.2, 0.25) is 0 Å². The fourth-order valence-corrected chi connectivity index (χ4v) is 2.72. The highest BCUT2D eigenvalue weighted by atomic mass is 16.5. The summed E-state index contributed by atoms with van der Waals surface area (Å²) in [6.45, 7) is 3.49. The minimum Gasteiger partial charge on any atom is -0.462 e. The van der Waals surface area contributed by atoms with Crippen LogP contribution in [0.5, 0.6) is 0 Å². The Hall–Kier alpha value is -2.66. The van der Waals surface area contributed by atoms with Crippen molar-refractivity contribution in [1.29, 1.82) is 0 Å². The first-order valence-electron chi connectivity index (χ1n) is 7.56. The van der Waals surface area contributed by atoms with Gasteiger partial charge in [0.05, 0.1) is 17.9 Å². The summed E-state index contributed by atoms with van der Waals surface area (Å²) < 4.78 is 4.96. The number of anilines is 1. The molecule has 0 N–H and O–H groups in total. The molecule has 0 aromatic heterocycles. The number of benzene rings is 2. The van der Waals surface area contributed by atoms with E-state index < -0.39 is 0 Å². The minimum absolute atomic E-state index is 0.340. The molecule has 0 bridgehead atoms. The first kappa shape index (κ1) is 15.2. The van der Waals surface area contributed by atoms with Crippen LogP contribution in [-0.4, -0.2) is 24.0 Å². The molecule has 0 unspecified atom stereocenters. The highest BCUT2D eigenvalue weighted by molar-refractivity contribution is 5.90. The lowest BCUT2D eigenvalue weighted by Crippen LogP contribution is -2.38. The van der Waals surface area contributed by atoms with Gasteiger partial charge in [-0.3, -0.25) is 4.79 Å². The van der Waals surface area contributed by atoms with E-state index >= 15 is 0 Å². The van der Waals surface area contributed by atoms with E-state index in [0.717, 1.165) is 12.1 Å². The van der Waals surface area contributed by atoms with Gasteiger partial charge in [0, 0.05) is 13.1 Å². The van der Waals surface area contributed by atoms with E-state index in [1.54, 1.807) is 36.2 Å². The van der Waals surface area contributed by atoms with Gasteiger partial charge in [0.25, 0.3) is 0 Å². The normalized spacial score (nSPS) is 13.4. The van der Waals surface area contributed by atoms with Crippen LogP contribution in [0, 0.1) is 0 Å². The van der Waals surface area contributed by atoms with Gasteiger partial charge in [-0.2, -0.15) is 0 Å². The lowest BCUT2D eigenvalue weighted by atomic mass is 10.1. The zero-order valence-electron chi connectivity index (χ0n) is 12.9. The first-order chi connectivity index (χ1) is 11.2. The van der Waals surface area contributed by atoms with Crippen LogP contribution in [0.25, 0.3) is 0 Å². The SMILES string of the molecule is CCOC(=O)c1ccc(N(C=O)N2Cc3ccccc3C2)cc1. The third-order valence-corrected chi connectivity index (χ3v) is 3.87. The Labute approximate surface area is 135 Å². The van der Waals surface area contributed by atoms with Crippen LogP contribution in [0.4, 0.5) is 5.69 Å². The van der Waals surface area contributed by atoms with Gasteiger partial charge in [0.15, 0.2) is 0 Å². The zero-order chi connectivity index (χ0) is 16.2. The van der Waals surface area contributed by atoms with Crippen molar-refractivity contribution in [3.8, 4) is 0 Å². The van der Waals surface area contributed by atoms with Crippen molar-refractivity contribution in [3.63, 3.8) is 0 Å². The van der Waals surface area contributed by atoms with E-state index in [2.05, 4.69) is 12.1 Å². The summed E-state index contributed by atoms with van der Waals surface area (Å²) in [5, 5.41) is 3.55. The molecule has 2 aromatic rings. The minimum atomic E-state index is -0.356. The second-order valence-corrected chi connectivity index (χ2v) is 5.31. The molecule has 1 heterocycles. The summed E-state index contributed by atoms with van der Waals surface area (Å²) in [6.07, 6.45) is 0.797. The van der Waals surface area contributed by atoms with Crippen molar-refractivity contribution in [2.45, 2.75) is 20.0 Å². The molecular formula is C18H18N2O3. The monoisotopic (exact) mass is 310 g/mol. The Balaban J connectivity index is 1.77. The van der Waals surface area contributed by atoms with Gasteiger partial charge in [-0.1, -0.05) is 24.3 Å². The molecule has 0 radical (unpaired) electrons. The predicted molar refractivity (Wildman–Crippen MR) is 86.6 cm³/mol. The third-order valence-electron chi connectivity index (χ3n) is 3.87. The standard InChI is InChI=1S/C18H18N2O3/c1-2-23-18(22)14-7-9-17(10-8-14)20(13-21)19-11-15-5-3-4-6-16(15)12-19/h3-10,13H,2,11-12H2,1H3. The molecule has 1 amide bonds. The summed E-state index contributed by atoms with van der Waals surface area (Å²) in [7, 11) is 0. The zero-order valence-corrected chi connectivity index (χ0v) is 12.9. The number of rotatable bonds is 5. The Morgan fingerprint density at radius 1 is 1.13 bits per heavy atom. The van der Waals surface area contributed by atoms with Gasteiger partial charge < -0.3 is 4.74 Å². The van der Waals surface area contributed by atoms with Gasteiger partial charge in [-0.05, 0) is 42.3 Å². The van der Waals surface area contributed by atoms with Crippen LogP contribution in [0.15, 0.2) is 48.5 Å². The fourth-order valence-electron chi connectivity index (χ4n) is 2.72. The second kappa shape index (κ2) is 6.62. The van der Waals surface area contributed by atoms with Crippen molar-refractivity contribution >= 4 is 18.1 Å². The number of hydrogen-bond donors (Lipinski definition) is 0. The Kier molecular flexibility index (Phi) is 4.39. The Morgan fingerprint density at radius 3 is 2.26 bits per heavy atom. The number of ether oxygens (including phenoxy) is 1. The van der Waals surface area contributed by atoms with Gasteiger partial charge in [0.1, 0.15) is 0 Å². The van der Waals surface area contributed by atoms with Crippen LogP contribution in [-0.2, 0) is 22.6 Å². The molecule has 23 heavy (non-hydrogen) atoms. The van der Waals surface area contributed by atoms with Crippen LogP contribution in [0.3, 0.4) is 0 Å². The number of carbonyl (C=O) groups is 2. The van der Waals surface area contributed by atoms with E-state index in [1.807, 2.05) is 17.1 Å². The van der Waals surface area contributed by atoms with Crippen molar-refractivity contribution in [2.75, 3.05) is 11.6 Å². The number of carbonyl (C=O) groups excluding carboxylic acids is 2. The lowest BCUT2D eigenvalue weighted by molar-refractivity contribution is -0.110. The average molecular weight is 310 g/mol. The van der Waals surface area contributed by atoms with Gasteiger partial charge in [-0.15, -0.1) is 0 Å². The molecule has 0 fully saturated rings. The smallest absolute Gasteiger partial charge is 0.338 e. The molecule has 0 aliphatic carbocycles. The fraction of sp³-hybridized carbons (Fsp3) is 0.222. The molecule has 5 heteroatoms. The number of fused-ring (bicyclic) bond motifs is 1. The molecule has 0 saturated carbocycles. The van der Waals surface area contributed by atoms with Crippen LogP contribution >= 0.6 is 0 Å². The van der Waals surface area contributed by atoms with E-state index in [9.17, 15) is 9.59 Å². The molecular weight excluding hydrogens is 292 g/mol. The third kappa shape index (κ3) is 3.10. The number of esters is 1. The lowest BCUT2D eigenvalue weighted by Gasteiger charge is -2.27. The molecule has 3 rings (SSSR count). The molecule has 118 valence electrons. The maximum absolute atomic E-state index is 11.7. The number of hydrogen-bond acceptors (Lipinski definition) is 4.